The van der Waals surface area contributed by atoms with Crippen molar-refractivity contribution in [2.24, 2.45) is 0 Å². The molecule has 1 aliphatic heterocycles. The summed E-state index contributed by atoms with van der Waals surface area (Å²) in [6.45, 7) is 0.560. The molecule has 2 amide bonds. The molecule has 1 fully saturated rings. The molecule has 0 spiro atoms. The highest BCUT2D eigenvalue weighted by Crippen LogP contribution is 2.34. The second kappa shape index (κ2) is 13.7. The smallest absolute Gasteiger partial charge is 0.364 e. The van der Waals surface area contributed by atoms with Crippen molar-refractivity contribution >= 4 is 17.8 Å². The maximum atomic E-state index is 12.7. The minimum atomic E-state index is -2.39. The van der Waals surface area contributed by atoms with Crippen LogP contribution in [0.5, 0.6) is 0 Å². The molecule has 3 aromatic rings. The molecule has 222 valence electrons. The van der Waals surface area contributed by atoms with Gasteiger partial charge in [0.1, 0.15) is 12.2 Å². The molecule has 0 aromatic heterocycles. The first-order valence-corrected chi connectivity index (χ1v) is 13.4. The number of aliphatic hydroxyl groups excluding tert-OH is 3. The number of benzene rings is 3. The number of ether oxygens (including phenoxy) is 2. The summed E-state index contributed by atoms with van der Waals surface area (Å²) in [5.41, 5.74) is 2.85. The lowest BCUT2D eigenvalue weighted by atomic mass is 9.88. The predicted octanol–water partition coefficient (Wildman–Crippen LogP) is 1.46. The molecule has 0 bridgehead atoms. The molecule has 4 rings (SSSR count). The molecule has 42 heavy (non-hydrogen) atoms. The first kappa shape index (κ1) is 30.8. The first-order valence-electron chi connectivity index (χ1n) is 13.4. The number of carboxylic acids is 1. The Morgan fingerprint density at radius 1 is 0.952 bits per heavy atom. The van der Waals surface area contributed by atoms with Gasteiger partial charge < -0.3 is 40.5 Å². The quantitative estimate of drug-likeness (QED) is 0.197. The highest BCUT2D eigenvalue weighted by atomic mass is 16.7. The molecule has 0 radical (unpaired) electrons. The van der Waals surface area contributed by atoms with E-state index in [1.165, 1.54) is 6.92 Å². The molecule has 0 unspecified atom stereocenters. The summed E-state index contributed by atoms with van der Waals surface area (Å²) in [4.78, 5) is 36.9. The number of aliphatic hydroxyl groups is 3. The highest BCUT2D eigenvalue weighted by molar-refractivity contribution is 5.94. The largest absolute Gasteiger partial charge is 0.477 e. The zero-order valence-corrected chi connectivity index (χ0v) is 22.9. The van der Waals surface area contributed by atoms with Gasteiger partial charge in [-0.1, -0.05) is 72.8 Å². The minimum absolute atomic E-state index is 0.185. The minimum Gasteiger partial charge on any atom is -0.477 e. The number of carboxylic acid groups (broad SMARTS) is 1. The maximum absolute atomic E-state index is 12.7. The van der Waals surface area contributed by atoms with E-state index in [0.717, 1.165) is 11.1 Å². The van der Waals surface area contributed by atoms with Crippen LogP contribution in [0.2, 0.25) is 0 Å². The Balaban J connectivity index is 1.45. The fourth-order valence-electron chi connectivity index (χ4n) is 4.81. The Kier molecular flexibility index (Phi) is 10.0. The van der Waals surface area contributed by atoms with Gasteiger partial charge in [-0.3, -0.25) is 9.59 Å². The summed E-state index contributed by atoms with van der Waals surface area (Å²) in [5.74, 6) is -5.04. The van der Waals surface area contributed by atoms with Crippen molar-refractivity contribution in [3.63, 3.8) is 0 Å². The van der Waals surface area contributed by atoms with Crippen LogP contribution in [-0.4, -0.2) is 81.0 Å². The van der Waals surface area contributed by atoms with E-state index >= 15 is 0 Å². The van der Waals surface area contributed by atoms with E-state index in [0.29, 0.717) is 11.1 Å². The second-order valence-electron chi connectivity index (χ2n) is 10.1. The third kappa shape index (κ3) is 7.38. The molecule has 6 atom stereocenters. The molecule has 1 aliphatic rings. The number of nitrogens with one attached hydrogen (secondary N) is 2. The van der Waals surface area contributed by atoms with E-state index in [9.17, 15) is 34.8 Å². The molecule has 11 nitrogen and oxygen atoms in total. The lowest BCUT2D eigenvalue weighted by molar-refractivity contribution is -0.314. The van der Waals surface area contributed by atoms with Crippen LogP contribution in [0.1, 0.15) is 29.3 Å². The molecular weight excluding hydrogens is 544 g/mol. The second-order valence-corrected chi connectivity index (χ2v) is 10.1. The van der Waals surface area contributed by atoms with Gasteiger partial charge in [0.2, 0.25) is 5.91 Å². The van der Waals surface area contributed by atoms with Crippen LogP contribution >= 0.6 is 0 Å². The normalized spacial score (nSPS) is 23.4. The molecule has 0 aliphatic carbocycles. The van der Waals surface area contributed by atoms with E-state index in [1.807, 2.05) is 30.3 Å². The van der Waals surface area contributed by atoms with Crippen LogP contribution in [0.25, 0.3) is 11.1 Å². The van der Waals surface area contributed by atoms with Crippen LogP contribution in [-0.2, 0) is 25.7 Å². The number of carbonyl (C=O) groups is 3. The van der Waals surface area contributed by atoms with Gasteiger partial charge in [0, 0.05) is 25.5 Å². The zero-order valence-electron chi connectivity index (χ0n) is 22.9. The summed E-state index contributed by atoms with van der Waals surface area (Å²) in [6.07, 6.45) is -7.18. The van der Waals surface area contributed by atoms with Crippen LogP contribution in [0.3, 0.4) is 0 Å². The van der Waals surface area contributed by atoms with Crippen molar-refractivity contribution in [3.8, 4) is 11.1 Å². The number of amides is 2. The van der Waals surface area contributed by atoms with E-state index < -0.39 is 67.0 Å². The molecule has 3 aromatic carbocycles. The third-order valence-electron chi connectivity index (χ3n) is 7.04. The molecule has 1 saturated heterocycles. The average molecular weight is 579 g/mol. The summed E-state index contributed by atoms with van der Waals surface area (Å²) in [7, 11) is 0. The SMILES string of the molecule is CC(=O)N[C@H]1[C@@H]([C@H](O)[C@H](O)CNC(=O)c2ccc(-c3ccccc3)cc2)O[C@@](OCc2ccccc2)(C(=O)O)C[C@@H]1O. The van der Waals surface area contributed by atoms with E-state index in [1.54, 1.807) is 54.6 Å². The number of hydrogen-bond acceptors (Lipinski definition) is 8. The van der Waals surface area contributed by atoms with Crippen LogP contribution in [0.15, 0.2) is 84.9 Å². The number of hydrogen-bond donors (Lipinski definition) is 6. The van der Waals surface area contributed by atoms with Gasteiger partial charge >= 0.3 is 5.97 Å². The van der Waals surface area contributed by atoms with Crippen molar-refractivity contribution in [2.75, 3.05) is 6.54 Å². The fraction of sp³-hybridized carbons (Fsp3) is 0.323. The van der Waals surface area contributed by atoms with Gasteiger partial charge in [-0.25, -0.2) is 4.79 Å². The number of rotatable bonds is 11. The topological polar surface area (TPSA) is 175 Å². The van der Waals surface area contributed by atoms with E-state index in [2.05, 4.69) is 10.6 Å². The number of carbonyl (C=O) groups excluding carboxylic acids is 2. The van der Waals surface area contributed by atoms with Gasteiger partial charge in [-0.2, -0.15) is 0 Å². The summed E-state index contributed by atoms with van der Waals surface area (Å²) < 4.78 is 11.4. The van der Waals surface area contributed by atoms with Gasteiger partial charge in [-0.05, 0) is 28.8 Å². The predicted molar refractivity (Wildman–Crippen MR) is 151 cm³/mol. The molecule has 6 N–H and O–H groups in total. The Morgan fingerprint density at radius 2 is 1.55 bits per heavy atom. The van der Waals surface area contributed by atoms with Crippen molar-refractivity contribution < 1.29 is 44.3 Å². The average Bonchev–Trinajstić information content (AvgIpc) is 3.00. The lowest BCUT2D eigenvalue weighted by Gasteiger charge is -2.46. The standard InChI is InChI=1S/C31H34N2O9/c1-19(34)33-26-24(35)16-31(30(39)40,41-18-20-8-4-2-5-9-20)42-28(26)27(37)25(36)17-32-29(38)23-14-12-22(13-15-23)21-10-6-3-7-11-21/h2-15,24-28,35-37H,16-18H2,1H3,(H,32,38)(H,33,34)(H,39,40)/t24-,25+,26+,27+,28-,31+/m0/s1. The van der Waals surface area contributed by atoms with Gasteiger partial charge in [0.25, 0.3) is 11.7 Å². The monoisotopic (exact) mass is 578 g/mol. The van der Waals surface area contributed by atoms with Gasteiger partial charge in [0.05, 0.1) is 24.9 Å². The molecule has 1 heterocycles. The number of aliphatic carboxylic acids is 1. The van der Waals surface area contributed by atoms with Crippen LogP contribution in [0, 0.1) is 0 Å². The summed E-state index contributed by atoms with van der Waals surface area (Å²) in [5, 5.41) is 47.7. The fourth-order valence-corrected chi connectivity index (χ4v) is 4.81. The van der Waals surface area contributed by atoms with Gasteiger partial charge in [0.15, 0.2) is 0 Å². The van der Waals surface area contributed by atoms with Gasteiger partial charge in [-0.15, -0.1) is 0 Å². The van der Waals surface area contributed by atoms with Crippen molar-refractivity contribution in [1.29, 1.82) is 0 Å². The molecule has 11 heteroatoms. The lowest BCUT2D eigenvalue weighted by Crippen LogP contribution is -2.68. The van der Waals surface area contributed by atoms with Crippen molar-refractivity contribution in [2.45, 2.75) is 56.2 Å². The maximum Gasteiger partial charge on any atom is 0.364 e. The van der Waals surface area contributed by atoms with Crippen molar-refractivity contribution in [1.82, 2.24) is 10.6 Å². The Bertz CT molecular complexity index is 1350. The first-order chi connectivity index (χ1) is 20.1. The van der Waals surface area contributed by atoms with Crippen LogP contribution < -0.4 is 10.6 Å². The Morgan fingerprint density at radius 3 is 2.14 bits per heavy atom. The van der Waals surface area contributed by atoms with Crippen LogP contribution in [0.4, 0.5) is 0 Å². The summed E-state index contributed by atoms with van der Waals surface area (Å²) in [6, 6.07) is 23.8. The molecular formula is C31H34N2O9. The highest BCUT2D eigenvalue weighted by Gasteiger charge is 2.55. The zero-order chi connectivity index (χ0) is 30.3. The summed E-state index contributed by atoms with van der Waals surface area (Å²) >= 11 is 0. The van der Waals surface area contributed by atoms with E-state index in [-0.39, 0.29) is 6.61 Å². The third-order valence-corrected chi connectivity index (χ3v) is 7.04. The Hall–Kier alpha value is -4.13. The Labute approximate surface area is 242 Å². The van der Waals surface area contributed by atoms with E-state index in [4.69, 9.17) is 9.47 Å². The van der Waals surface area contributed by atoms with Crippen molar-refractivity contribution in [3.05, 3.63) is 96.1 Å². The molecule has 0 saturated carbocycles.